The molecule has 0 bridgehead atoms. The molecule has 2 nitrogen and oxygen atoms in total. The molecule has 0 saturated heterocycles. The van der Waals surface area contributed by atoms with Crippen molar-refractivity contribution in [3.8, 4) is 0 Å². The normalized spacial score (nSPS) is 37.6. The molecule has 198 valence electrons. The lowest BCUT2D eigenvalue weighted by molar-refractivity contribution is 0.0250. The van der Waals surface area contributed by atoms with Gasteiger partial charge in [-0.2, -0.15) is 0 Å². The average Bonchev–Trinajstić information content (AvgIpc) is 2.85. The fourth-order valence-electron chi connectivity index (χ4n) is 8.29. The van der Waals surface area contributed by atoms with Gasteiger partial charge in [-0.1, -0.05) is 87.8 Å². The third kappa shape index (κ3) is 6.36. The van der Waals surface area contributed by atoms with Gasteiger partial charge in [-0.05, 0) is 98.7 Å². The van der Waals surface area contributed by atoms with Crippen LogP contribution in [0.4, 0.5) is 0 Å². The summed E-state index contributed by atoms with van der Waals surface area (Å²) in [5, 5.41) is 22.5. The molecule has 4 aliphatic carbocycles. The van der Waals surface area contributed by atoms with Gasteiger partial charge in [-0.15, -0.1) is 0 Å². The molecule has 4 rings (SSSR count). The van der Waals surface area contributed by atoms with Crippen molar-refractivity contribution in [1.82, 2.24) is 0 Å². The zero-order chi connectivity index (χ0) is 24.3. The summed E-state index contributed by atoms with van der Waals surface area (Å²) in [6.45, 7) is 10.1. The molecule has 34 heavy (non-hydrogen) atoms. The minimum Gasteiger partial charge on any atom is -0.392 e. The van der Waals surface area contributed by atoms with Gasteiger partial charge in [0.25, 0.3) is 0 Å². The minimum absolute atomic E-state index is 0.175. The molecule has 4 fully saturated rings. The monoisotopic (exact) mass is 510 g/mol. The molecular formula is C30H54O2S2. The molecular weight excluding hydrogens is 456 g/mol. The van der Waals surface area contributed by atoms with Crippen molar-refractivity contribution in [3.63, 3.8) is 0 Å². The summed E-state index contributed by atoms with van der Waals surface area (Å²) in [4.78, 5) is 0. The maximum absolute atomic E-state index is 10.9. The molecule has 6 atom stereocenters. The fourth-order valence-corrected chi connectivity index (χ4v) is 11.8. The minimum atomic E-state index is -0.175. The van der Waals surface area contributed by atoms with E-state index in [4.69, 9.17) is 0 Å². The molecule has 0 spiro atoms. The predicted molar refractivity (Wildman–Crippen MR) is 150 cm³/mol. The summed E-state index contributed by atoms with van der Waals surface area (Å²) in [6.07, 6.45) is 20.4. The smallest absolute Gasteiger partial charge is 0.0667 e. The second kappa shape index (κ2) is 12.0. The molecule has 0 amide bonds. The average molecular weight is 511 g/mol. The van der Waals surface area contributed by atoms with Crippen LogP contribution >= 0.6 is 21.6 Å². The number of rotatable bonds is 7. The lowest BCUT2D eigenvalue weighted by atomic mass is 9.60. The van der Waals surface area contributed by atoms with Gasteiger partial charge in [0, 0.05) is 10.5 Å². The van der Waals surface area contributed by atoms with Gasteiger partial charge in [0.1, 0.15) is 0 Å². The van der Waals surface area contributed by atoms with E-state index in [0.717, 1.165) is 49.4 Å². The lowest BCUT2D eigenvalue weighted by Gasteiger charge is -2.48. The SMILES string of the molecule is CC(C)(C1CCCCC1)C1CCC(O)C(SSC2CC(C(C)(C)C3CCCCC3)CCC2O)C1. The van der Waals surface area contributed by atoms with Gasteiger partial charge >= 0.3 is 0 Å². The van der Waals surface area contributed by atoms with Gasteiger partial charge in [0.15, 0.2) is 0 Å². The number of aliphatic hydroxyl groups excluding tert-OH is 2. The van der Waals surface area contributed by atoms with Crippen LogP contribution in [0.3, 0.4) is 0 Å². The van der Waals surface area contributed by atoms with Crippen molar-refractivity contribution in [3.05, 3.63) is 0 Å². The van der Waals surface area contributed by atoms with E-state index in [1.54, 1.807) is 0 Å². The zero-order valence-corrected chi connectivity index (χ0v) is 24.3. The van der Waals surface area contributed by atoms with Crippen molar-refractivity contribution in [1.29, 1.82) is 0 Å². The Balaban J connectivity index is 1.33. The summed E-state index contributed by atoms with van der Waals surface area (Å²) in [6, 6.07) is 0. The molecule has 0 radical (unpaired) electrons. The maximum atomic E-state index is 10.9. The highest BCUT2D eigenvalue weighted by molar-refractivity contribution is 8.77. The molecule has 0 heterocycles. The predicted octanol–water partition coefficient (Wildman–Crippen LogP) is 8.64. The van der Waals surface area contributed by atoms with E-state index >= 15 is 0 Å². The Morgan fingerprint density at radius 2 is 0.824 bits per heavy atom. The Bertz CT molecular complexity index is 569. The van der Waals surface area contributed by atoms with Gasteiger partial charge in [0.2, 0.25) is 0 Å². The first-order chi connectivity index (χ1) is 16.2. The Labute approximate surface area is 219 Å². The number of hydrogen-bond donors (Lipinski definition) is 2. The summed E-state index contributed by atoms with van der Waals surface area (Å²) in [5.74, 6) is 3.18. The van der Waals surface area contributed by atoms with Crippen molar-refractivity contribution in [2.24, 2.45) is 34.5 Å². The van der Waals surface area contributed by atoms with Crippen LogP contribution in [-0.4, -0.2) is 32.9 Å². The molecule has 4 aliphatic rings. The molecule has 6 unspecified atom stereocenters. The molecule has 4 saturated carbocycles. The molecule has 4 heteroatoms. The first-order valence-electron chi connectivity index (χ1n) is 14.9. The van der Waals surface area contributed by atoms with E-state index in [2.05, 4.69) is 27.7 Å². The molecule has 0 aromatic heterocycles. The highest BCUT2D eigenvalue weighted by Crippen LogP contribution is 2.54. The van der Waals surface area contributed by atoms with Crippen molar-refractivity contribution >= 4 is 21.6 Å². The van der Waals surface area contributed by atoms with Crippen LogP contribution in [-0.2, 0) is 0 Å². The van der Waals surface area contributed by atoms with E-state index < -0.39 is 0 Å². The van der Waals surface area contributed by atoms with Gasteiger partial charge in [0.05, 0.1) is 12.2 Å². The van der Waals surface area contributed by atoms with Gasteiger partial charge < -0.3 is 10.2 Å². The third-order valence-electron chi connectivity index (χ3n) is 11.2. The van der Waals surface area contributed by atoms with Gasteiger partial charge in [-0.3, -0.25) is 0 Å². The first-order valence-corrected chi connectivity index (χ1v) is 17.2. The number of aliphatic hydroxyl groups is 2. The maximum Gasteiger partial charge on any atom is 0.0667 e. The summed E-state index contributed by atoms with van der Waals surface area (Å²) < 4.78 is 0. The standard InChI is InChI=1S/C30H54O2S2/c1-29(2,21-11-7-5-8-12-21)23-15-17-25(31)27(19-23)33-34-28-20-24(16-18-26(28)32)30(3,4)22-13-9-6-10-14-22/h21-28,31-32H,5-20H2,1-4H3. The van der Waals surface area contributed by atoms with E-state index in [-0.39, 0.29) is 12.2 Å². The Kier molecular flexibility index (Phi) is 9.75. The topological polar surface area (TPSA) is 40.5 Å². The van der Waals surface area contributed by atoms with E-state index in [0.29, 0.717) is 21.3 Å². The van der Waals surface area contributed by atoms with Crippen LogP contribution in [0.15, 0.2) is 0 Å². The number of hydrogen-bond acceptors (Lipinski definition) is 4. The van der Waals surface area contributed by atoms with Crippen LogP contribution in [0.1, 0.15) is 130 Å². The Morgan fingerprint density at radius 1 is 0.471 bits per heavy atom. The zero-order valence-electron chi connectivity index (χ0n) is 22.6. The summed E-state index contributed by atoms with van der Waals surface area (Å²) in [5.41, 5.74) is 0.785. The molecule has 2 N–H and O–H groups in total. The summed E-state index contributed by atoms with van der Waals surface area (Å²) in [7, 11) is 3.87. The van der Waals surface area contributed by atoms with Crippen LogP contribution < -0.4 is 0 Å². The van der Waals surface area contributed by atoms with Crippen molar-refractivity contribution in [2.45, 2.75) is 153 Å². The van der Waals surface area contributed by atoms with Crippen molar-refractivity contribution < 1.29 is 10.2 Å². The van der Waals surface area contributed by atoms with Crippen LogP contribution in [0.5, 0.6) is 0 Å². The van der Waals surface area contributed by atoms with E-state index in [9.17, 15) is 10.2 Å². The summed E-state index contributed by atoms with van der Waals surface area (Å²) >= 11 is 0. The lowest BCUT2D eigenvalue weighted by Crippen LogP contribution is -2.42. The largest absolute Gasteiger partial charge is 0.392 e. The second-order valence-electron chi connectivity index (χ2n) is 13.7. The third-order valence-corrected chi connectivity index (χ3v) is 14.7. The van der Waals surface area contributed by atoms with Crippen LogP contribution in [0, 0.1) is 34.5 Å². The highest BCUT2D eigenvalue weighted by Gasteiger charge is 2.44. The first kappa shape index (κ1) is 27.6. The quantitative estimate of drug-likeness (QED) is 0.336. The molecule has 0 aliphatic heterocycles. The van der Waals surface area contributed by atoms with Crippen LogP contribution in [0.2, 0.25) is 0 Å². The van der Waals surface area contributed by atoms with Crippen LogP contribution in [0.25, 0.3) is 0 Å². The Hall–Kier alpha value is 0.620. The van der Waals surface area contributed by atoms with Gasteiger partial charge in [-0.25, -0.2) is 0 Å². The highest BCUT2D eigenvalue weighted by atomic mass is 33.1. The van der Waals surface area contributed by atoms with E-state index in [1.165, 1.54) is 77.0 Å². The molecule has 0 aromatic carbocycles. The van der Waals surface area contributed by atoms with E-state index in [1.807, 2.05) is 21.6 Å². The second-order valence-corrected chi connectivity index (χ2v) is 16.5. The fraction of sp³-hybridized carbons (Fsp3) is 1.00. The molecule has 0 aromatic rings. The van der Waals surface area contributed by atoms with Crippen molar-refractivity contribution in [2.75, 3.05) is 0 Å². The Morgan fingerprint density at radius 3 is 1.18 bits per heavy atom.